The van der Waals surface area contributed by atoms with Crippen molar-refractivity contribution in [2.45, 2.75) is 0 Å². The third kappa shape index (κ3) is 3.17. The third-order valence-corrected chi connectivity index (χ3v) is 5.30. The minimum Gasteiger partial charge on any atom is -0.304 e. The first-order valence-electron chi connectivity index (χ1n) is 9.58. The summed E-state index contributed by atoms with van der Waals surface area (Å²) in [5.74, 6) is 0.637. The molecule has 1 saturated heterocycles. The second-order valence-electron chi connectivity index (χ2n) is 7.22. The molecular formula is C22H22N6. The summed E-state index contributed by atoms with van der Waals surface area (Å²) in [7, 11) is 2.15. The number of nitrogens with zero attached hydrogens (tertiary/aromatic N) is 5. The molecule has 0 atom stereocenters. The van der Waals surface area contributed by atoms with E-state index in [1.54, 1.807) is 0 Å². The lowest BCUT2D eigenvalue weighted by molar-refractivity contribution is 0.178. The van der Waals surface area contributed by atoms with Gasteiger partial charge in [-0.05, 0) is 13.1 Å². The van der Waals surface area contributed by atoms with Crippen LogP contribution in [0.4, 0.5) is 5.95 Å². The average molecular weight is 370 g/mol. The molecule has 0 spiro atoms. The predicted molar refractivity (Wildman–Crippen MR) is 113 cm³/mol. The van der Waals surface area contributed by atoms with Crippen LogP contribution in [0, 0.1) is 0 Å². The minimum atomic E-state index is 0.637. The Bertz CT molecular complexity index is 1130. The van der Waals surface area contributed by atoms with E-state index in [-0.39, 0.29) is 0 Å². The fraction of sp³-hybridized carbons (Fsp3) is 0.227. The first kappa shape index (κ1) is 17.0. The Balaban J connectivity index is 1.57. The van der Waals surface area contributed by atoms with Crippen LogP contribution in [0.2, 0.25) is 0 Å². The summed E-state index contributed by atoms with van der Waals surface area (Å²) in [5.41, 5.74) is 7.47. The van der Waals surface area contributed by atoms with Crippen molar-refractivity contribution in [2.24, 2.45) is 0 Å². The highest BCUT2D eigenvalue weighted by Crippen LogP contribution is 2.32. The summed E-state index contributed by atoms with van der Waals surface area (Å²) < 4.78 is 0. The zero-order valence-electron chi connectivity index (χ0n) is 15.8. The number of piperazine rings is 1. The molecule has 1 fully saturated rings. The van der Waals surface area contributed by atoms with Gasteiger partial charge in [0.2, 0.25) is 5.95 Å². The van der Waals surface area contributed by atoms with Gasteiger partial charge in [0.15, 0.2) is 0 Å². The van der Waals surface area contributed by atoms with E-state index >= 15 is 0 Å². The molecule has 2 aromatic heterocycles. The van der Waals surface area contributed by atoms with E-state index in [0.29, 0.717) is 5.95 Å². The molecule has 1 aliphatic heterocycles. The molecule has 6 nitrogen and oxygen atoms in total. The van der Waals surface area contributed by atoms with E-state index in [9.17, 15) is 0 Å². The number of hydrazine groups is 1. The van der Waals surface area contributed by atoms with Gasteiger partial charge < -0.3 is 4.90 Å². The number of anilines is 1. The summed E-state index contributed by atoms with van der Waals surface area (Å²) in [6.07, 6.45) is 3.73. The van der Waals surface area contributed by atoms with Gasteiger partial charge >= 0.3 is 0 Å². The Morgan fingerprint density at radius 3 is 2.32 bits per heavy atom. The van der Waals surface area contributed by atoms with E-state index in [4.69, 9.17) is 4.98 Å². The van der Waals surface area contributed by atoms with Crippen molar-refractivity contribution in [1.82, 2.24) is 24.9 Å². The van der Waals surface area contributed by atoms with Crippen LogP contribution in [0.15, 0.2) is 60.9 Å². The lowest BCUT2D eigenvalue weighted by Crippen LogP contribution is -2.47. The lowest BCUT2D eigenvalue weighted by atomic mass is 10.00. The average Bonchev–Trinajstić information content (AvgIpc) is 2.74. The summed E-state index contributed by atoms with van der Waals surface area (Å²) >= 11 is 0. The second-order valence-corrected chi connectivity index (χ2v) is 7.22. The number of nitrogens with one attached hydrogen (secondary N) is 1. The topological polar surface area (TPSA) is 57.2 Å². The van der Waals surface area contributed by atoms with Crippen LogP contribution in [-0.4, -0.2) is 58.1 Å². The molecule has 140 valence electrons. The number of hydrogen-bond donors (Lipinski definition) is 1. The SMILES string of the molecule is CN1CCN(Nc2ncc3cccc(-c4cccc5cccnc45)c3n2)CC1. The van der Waals surface area contributed by atoms with Crippen molar-refractivity contribution in [3.63, 3.8) is 0 Å². The van der Waals surface area contributed by atoms with Gasteiger partial charge in [0, 0.05) is 60.5 Å². The summed E-state index contributed by atoms with van der Waals surface area (Å²) in [6, 6.07) is 16.5. The maximum Gasteiger partial charge on any atom is 0.238 e. The van der Waals surface area contributed by atoms with Crippen molar-refractivity contribution in [3.8, 4) is 11.1 Å². The first-order valence-corrected chi connectivity index (χ1v) is 9.58. The van der Waals surface area contributed by atoms with Gasteiger partial charge in [-0.1, -0.05) is 42.5 Å². The maximum atomic E-state index is 4.87. The highest BCUT2D eigenvalue weighted by Gasteiger charge is 2.15. The van der Waals surface area contributed by atoms with E-state index in [0.717, 1.165) is 59.1 Å². The number of para-hydroxylation sites is 2. The van der Waals surface area contributed by atoms with Gasteiger partial charge in [0.25, 0.3) is 0 Å². The number of aromatic nitrogens is 3. The quantitative estimate of drug-likeness (QED) is 0.596. The number of benzene rings is 2. The normalized spacial score (nSPS) is 15.9. The molecule has 0 radical (unpaired) electrons. The van der Waals surface area contributed by atoms with Gasteiger partial charge in [-0.15, -0.1) is 0 Å². The Morgan fingerprint density at radius 1 is 0.786 bits per heavy atom. The maximum absolute atomic E-state index is 4.87. The summed E-state index contributed by atoms with van der Waals surface area (Å²) in [6.45, 7) is 3.97. The molecule has 3 heterocycles. The third-order valence-electron chi connectivity index (χ3n) is 5.30. The molecule has 28 heavy (non-hydrogen) atoms. The molecule has 5 rings (SSSR count). The molecule has 1 aliphatic rings. The predicted octanol–water partition coefficient (Wildman–Crippen LogP) is 3.42. The molecular weight excluding hydrogens is 348 g/mol. The molecule has 2 aromatic carbocycles. The van der Waals surface area contributed by atoms with Crippen molar-refractivity contribution in [3.05, 3.63) is 60.9 Å². The zero-order valence-corrected chi connectivity index (χ0v) is 15.8. The van der Waals surface area contributed by atoms with Crippen molar-refractivity contribution in [1.29, 1.82) is 0 Å². The van der Waals surface area contributed by atoms with E-state index in [2.05, 4.69) is 74.8 Å². The standard InChI is InChI=1S/C22H22N6/c1-27-11-13-28(14-12-27)26-22-24-15-17-6-3-9-19(21(17)25-22)18-8-2-5-16-7-4-10-23-20(16)18/h2-10,15H,11-14H2,1H3,(H,24,25,26). The van der Waals surface area contributed by atoms with Crippen LogP contribution in [-0.2, 0) is 0 Å². The molecule has 0 saturated carbocycles. The lowest BCUT2D eigenvalue weighted by Gasteiger charge is -2.32. The largest absolute Gasteiger partial charge is 0.304 e. The van der Waals surface area contributed by atoms with Crippen molar-refractivity contribution < 1.29 is 0 Å². The molecule has 4 aromatic rings. The van der Waals surface area contributed by atoms with Gasteiger partial charge in [0.1, 0.15) is 0 Å². The first-order chi connectivity index (χ1) is 13.8. The van der Waals surface area contributed by atoms with Crippen molar-refractivity contribution in [2.75, 3.05) is 38.7 Å². The second kappa shape index (κ2) is 7.14. The molecule has 0 amide bonds. The molecule has 6 heteroatoms. The van der Waals surface area contributed by atoms with Crippen LogP contribution >= 0.6 is 0 Å². The van der Waals surface area contributed by atoms with Crippen LogP contribution in [0.5, 0.6) is 0 Å². The molecule has 0 bridgehead atoms. The van der Waals surface area contributed by atoms with Gasteiger partial charge in [0.05, 0.1) is 11.0 Å². The number of hydrogen-bond acceptors (Lipinski definition) is 6. The van der Waals surface area contributed by atoms with E-state index in [1.165, 1.54) is 0 Å². The Labute approximate surface area is 163 Å². The smallest absolute Gasteiger partial charge is 0.238 e. The molecule has 0 unspecified atom stereocenters. The Morgan fingerprint density at radius 2 is 1.50 bits per heavy atom. The van der Waals surface area contributed by atoms with Gasteiger partial charge in [-0.3, -0.25) is 10.4 Å². The van der Waals surface area contributed by atoms with Crippen LogP contribution in [0.25, 0.3) is 32.9 Å². The van der Waals surface area contributed by atoms with E-state index in [1.807, 2.05) is 18.5 Å². The highest BCUT2D eigenvalue weighted by atomic mass is 15.5. The number of fused-ring (bicyclic) bond motifs is 2. The van der Waals surface area contributed by atoms with Crippen LogP contribution < -0.4 is 5.43 Å². The number of pyridine rings is 1. The van der Waals surface area contributed by atoms with Crippen molar-refractivity contribution >= 4 is 27.8 Å². The Kier molecular flexibility index (Phi) is 4.35. The minimum absolute atomic E-state index is 0.637. The summed E-state index contributed by atoms with van der Waals surface area (Å²) in [4.78, 5) is 16.3. The Hall–Kier alpha value is -3.09. The zero-order chi connectivity index (χ0) is 18.9. The number of rotatable bonds is 3. The fourth-order valence-corrected chi connectivity index (χ4v) is 3.71. The van der Waals surface area contributed by atoms with Gasteiger partial charge in [-0.25, -0.2) is 15.0 Å². The fourth-order valence-electron chi connectivity index (χ4n) is 3.71. The van der Waals surface area contributed by atoms with E-state index < -0.39 is 0 Å². The van der Waals surface area contributed by atoms with Crippen LogP contribution in [0.1, 0.15) is 0 Å². The van der Waals surface area contributed by atoms with Gasteiger partial charge in [-0.2, -0.15) is 0 Å². The summed E-state index contributed by atoms with van der Waals surface area (Å²) in [5, 5.41) is 4.33. The molecule has 0 aliphatic carbocycles. The number of likely N-dealkylation sites (N-methyl/N-ethyl adjacent to an activating group) is 1. The highest BCUT2D eigenvalue weighted by molar-refractivity contribution is 6.02. The molecule has 1 N–H and O–H groups in total. The monoisotopic (exact) mass is 370 g/mol. The van der Waals surface area contributed by atoms with Crippen LogP contribution in [0.3, 0.4) is 0 Å².